The molecule has 0 aliphatic rings. The molecule has 2 aromatic rings. The third-order valence-corrected chi connectivity index (χ3v) is 2.90. The average Bonchev–Trinajstić information content (AvgIpc) is 2.81. The Labute approximate surface area is 179 Å². The first-order valence-electron chi connectivity index (χ1n) is 6.41. The van der Waals surface area contributed by atoms with Crippen molar-refractivity contribution in [3.8, 4) is 11.3 Å². The second kappa shape index (κ2) is 7.25. The molecule has 23 heavy (non-hydrogen) atoms. The number of aromatic nitrogens is 2. The van der Waals surface area contributed by atoms with Crippen LogP contribution in [0.25, 0.3) is 11.3 Å². The summed E-state index contributed by atoms with van der Waals surface area (Å²) < 4.78 is 53.2. The van der Waals surface area contributed by atoms with Crippen LogP contribution in [-0.2, 0) is 5.54 Å². The molecule has 0 saturated heterocycles. The zero-order chi connectivity index (χ0) is 16.7. The van der Waals surface area contributed by atoms with Crippen LogP contribution in [-0.4, -0.2) is 21.7 Å². The van der Waals surface area contributed by atoms with E-state index in [1.807, 2.05) is 0 Å². The maximum atomic E-state index is 13.9. The number of carbonyl (C=O) groups excluding carboxylic acids is 1. The molecule has 1 heterocycles. The SMILES string of the molecule is CC(C)(C)n1[c-]c(C(=O)C(F)(F)F)c(-c2ccccc2F)n1.[Rb+]. The molecule has 1 aromatic heterocycles. The first-order valence-corrected chi connectivity index (χ1v) is 6.41. The maximum absolute atomic E-state index is 13.9. The van der Waals surface area contributed by atoms with Gasteiger partial charge in [0.05, 0.1) is 0 Å². The Morgan fingerprint density at radius 1 is 1.17 bits per heavy atom. The van der Waals surface area contributed by atoms with Crippen molar-refractivity contribution >= 4 is 5.78 Å². The van der Waals surface area contributed by atoms with Crippen LogP contribution in [0, 0.1) is 12.0 Å². The third-order valence-electron chi connectivity index (χ3n) is 2.90. The molecule has 0 aliphatic carbocycles. The van der Waals surface area contributed by atoms with Crippen molar-refractivity contribution in [2.24, 2.45) is 0 Å². The van der Waals surface area contributed by atoms with E-state index in [2.05, 4.69) is 11.3 Å². The van der Waals surface area contributed by atoms with E-state index >= 15 is 0 Å². The van der Waals surface area contributed by atoms with Crippen LogP contribution in [0.2, 0.25) is 0 Å². The van der Waals surface area contributed by atoms with Gasteiger partial charge in [-0.3, -0.25) is 5.10 Å². The summed E-state index contributed by atoms with van der Waals surface area (Å²) in [5.74, 6) is -2.85. The molecule has 0 N–H and O–H groups in total. The molecule has 0 atom stereocenters. The minimum absolute atomic E-state index is 0. The van der Waals surface area contributed by atoms with Gasteiger partial charge in [-0.05, 0) is 38.1 Å². The summed E-state index contributed by atoms with van der Waals surface area (Å²) in [5.41, 5.74) is -2.03. The van der Waals surface area contributed by atoms with Crippen molar-refractivity contribution in [1.29, 1.82) is 0 Å². The van der Waals surface area contributed by atoms with Crippen molar-refractivity contribution in [3.05, 3.63) is 41.8 Å². The molecule has 3 nitrogen and oxygen atoms in total. The fraction of sp³-hybridized carbons (Fsp3) is 0.333. The molecule has 1 aromatic carbocycles. The van der Waals surface area contributed by atoms with Gasteiger partial charge in [-0.25, -0.2) is 4.39 Å². The Morgan fingerprint density at radius 2 is 1.74 bits per heavy atom. The monoisotopic (exact) mass is 398 g/mol. The van der Waals surface area contributed by atoms with E-state index in [1.165, 1.54) is 18.2 Å². The number of Topliss-reactive ketones (excluding diaryl/α,β-unsaturated/α-hetero) is 1. The number of benzene rings is 1. The first kappa shape index (κ1) is 20.7. The predicted molar refractivity (Wildman–Crippen MR) is 71.8 cm³/mol. The minimum Gasteiger partial charge on any atom is -0.361 e. The summed E-state index contributed by atoms with van der Waals surface area (Å²) in [6.45, 7) is 5.05. The fourth-order valence-electron chi connectivity index (χ4n) is 1.79. The van der Waals surface area contributed by atoms with Crippen molar-refractivity contribution in [2.45, 2.75) is 32.5 Å². The molecule has 0 fully saturated rings. The Bertz CT molecular complexity index is 717. The third kappa shape index (κ3) is 4.58. The van der Waals surface area contributed by atoms with Gasteiger partial charge in [0.2, 0.25) is 0 Å². The average molecular weight is 399 g/mol. The standard InChI is InChI=1S/C15H13F4N2O.Rb/c1-14(2,3)21-8-10(13(22)15(17,18)19)12(20-21)9-6-4-5-7-11(9)16;/h4-7H,1-3H3;/q-1;+1. The molecule has 118 valence electrons. The summed E-state index contributed by atoms with van der Waals surface area (Å²) in [7, 11) is 0. The van der Waals surface area contributed by atoms with Gasteiger partial charge >= 0.3 is 64.4 Å². The van der Waals surface area contributed by atoms with Gasteiger partial charge in [0.25, 0.3) is 0 Å². The van der Waals surface area contributed by atoms with Crippen molar-refractivity contribution in [1.82, 2.24) is 9.78 Å². The second-order valence-corrected chi connectivity index (χ2v) is 5.72. The van der Waals surface area contributed by atoms with E-state index in [9.17, 15) is 22.4 Å². The van der Waals surface area contributed by atoms with Crippen LogP contribution in [0.4, 0.5) is 17.6 Å². The molecule has 0 amide bonds. The van der Waals surface area contributed by atoms with E-state index in [4.69, 9.17) is 0 Å². The number of hydrogen-bond donors (Lipinski definition) is 0. The molecule has 0 spiro atoms. The van der Waals surface area contributed by atoms with Crippen molar-refractivity contribution in [2.75, 3.05) is 0 Å². The Kier molecular flexibility index (Phi) is 6.51. The van der Waals surface area contributed by atoms with Gasteiger partial charge in [0.15, 0.2) is 5.78 Å². The molecule has 0 radical (unpaired) electrons. The molecular weight excluding hydrogens is 386 g/mol. The van der Waals surface area contributed by atoms with Crippen LogP contribution in [0.15, 0.2) is 24.3 Å². The number of hydrogen-bond acceptors (Lipinski definition) is 2. The molecule has 0 saturated carbocycles. The summed E-state index contributed by atoms with van der Waals surface area (Å²) in [4.78, 5) is 11.6. The van der Waals surface area contributed by atoms with Crippen molar-refractivity contribution < 1.29 is 80.5 Å². The summed E-state index contributed by atoms with van der Waals surface area (Å²) in [6, 6.07) is 5.21. The number of rotatable bonds is 2. The smallest absolute Gasteiger partial charge is 0.361 e. The molecule has 0 unspecified atom stereocenters. The van der Waals surface area contributed by atoms with Gasteiger partial charge in [0.1, 0.15) is 5.82 Å². The van der Waals surface area contributed by atoms with Gasteiger partial charge in [-0.1, -0.05) is 30.0 Å². The van der Waals surface area contributed by atoms with E-state index in [1.54, 1.807) is 20.8 Å². The molecule has 0 aliphatic heterocycles. The van der Waals surface area contributed by atoms with Crippen LogP contribution in [0.1, 0.15) is 31.1 Å². The second-order valence-electron chi connectivity index (χ2n) is 5.72. The number of halogens is 4. The topological polar surface area (TPSA) is 34.9 Å². The Morgan fingerprint density at radius 3 is 2.22 bits per heavy atom. The van der Waals surface area contributed by atoms with Crippen LogP contribution >= 0.6 is 0 Å². The largest absolute Gasteiger partial charge is 1.00 e. The van der Waals surface area contributed by atoms with Gasteiger partial charge < -0.3 is 9.48 Å². The van der Waals surface area contributed by atoms with Crippen molar-refractivity contribution in [3.63, 3.8) is 0 Å². The quantitative estimate of drug-likeness (QED) is 0.430. The number of nitrogens with zero attached hydrogens (tertiary/aromatic N) is 2. The van der Waals surface area contributed by atoms with Crippen LogP contribution in [0.3, 0.4) is 0 Å². The summed E-state index contributed by atoms with van der Waals surface area (Å²) >= 11 is 0. The number of ketones is 1. The van der Waals surface area contributed by atoms with E-state index in [0.717, 1.165) is 10.7 Å². The summed E-state index contributed by atoms with van der Waals surface area (Å²) in [6.07, 6.45) is -2.76. The molecular formula is C15H13F4N2ORb. The minimum atomic E-state index is -5.08. The normalized spacial score (nSPS) is 12.0. The van der Waals surface area contributed by atoms with Crippen LogP contribution < -0.4 is 58.2 Å². The molecule has 0 bridgehead atoms. The van der Waals surface area contributed by atoms with E-state index in [-0.39, 0.29) is 69.4 Å². The van der Waals surface area contributed by atoms with E-state index < -0.39 is 28.9 Å². The van der Waals surface area contributed by atoms with E-state index in [0.29, 0.717) is 0 Å². The number of alkyl halides is 3. The molecule has 8 heteroatoms. The molecule has 2 rings (SSSR count). The predicted octanol–water partition coefficient (Wildman–Crippen LogP) is 0.993. The van der Waals surface area contributed by atoms with Gasteiger partial charge in [-0.15, -0.1) is 0 Å². The fourth-order valence-corrected chi connectivity index (χ4v) is 1.79. The van der Waals surface area contributed by atoms with Gasteiger partial charge in [0, 0.05) is 5.54 Å². The number of carbonyl (C=O) groups is 1. The first-order chi connectivity index (χ1) is 10.0. The Balaban J connectivity index is 0.00000264. The zero-order valence-electron chi connectivity index (χ0n) is 13.1. The Hall–Kier alpha value is -0.375. The van der Waals surface area contributed by atoms with Gasteiger partial charge in [-0.2, -0.15) is 13.2 Å². The summed E-state index contributed by atoms with van der Waals surface area (Å²) in [5, 5.41) is 3.95. The maximum Gasteiger partial charge on any atom is 1.00 e. The zero-order valence-corrected chi connectivity index (χ0v) is 18.0. The van der Waals surface area contributed by atoms with Crippen LogP contribution in [0.5, 0.6) is 0 Å².